The summed E-state index contributed by atoms with van der Waals surface area (Å²) in [5.41, 5.74) is 1.06. The van der Waals surface area contributed by atoms with E-state index in [1.165, 1.54) is 11.3 Å². The van der Waals surface area contributed by atoms with Crippen molar-refractivity contribution in [3.63, 3.8) is 0 Å². The predicted octanol–water partition coefficient (Wildman–Crippen LogP) is 5.50. The van der Waals surface area contributed by atoms with E-state index >= 15 is 0 Å². The molecule has 38 heavy (non-hydrogen) atoms. The summed E-state index contributed by atoms with van der Waals surface area (Å²) < 4.78 is 23.6. The second-order valence-electron chi connectivity index (χ2n) is 8.55. The summed E-state index contributed by atoms with van der Waals surface area (Å²) in [7, 11) is 0. The molecule has 0 saturated carbocycles. The van der Waals surface area contributed by atoms with Gasteiger partial charge < -0.3 is 18.9 Å². The third-order valence-corrected chi connectivity index (χ3v) is 6.96. The van der Waals surface area contributed by atoms with Crippen molar-refractivity contribution in [1.82, 2.24) is 0 Å². The lowest BCUT2D eigenvalue weighted by atomic mass is 10.1. The highest BCUT2D eigenvalue weighted by molar-refractivity contribution is 7.10. The van der Waals surface area contributed by atoms with Gasteiger partial charge in [0, 0.05) is 4.88 Å². The van der Waals surface area contributed by atoms with Gasteiger partial charge in [-0.15, -0.1) is 11.3 Å². The molecule has 1 aliphatic heterocycles. The van der Waals surface area contributed by atoms with Crippen molar-refractivity contribution in [2.45, 2.75) is 24.4 Å². The number of hydrogen-bond donors (Lipinski definition) is 0. The number of benzene rings is 3. The minimum Gasteiger partial charge on any atom is -0.459 e. The summed E-state index contributed by atoms with van der Waals surface area (Å²) in [6.45, 7) is -0.207. The molecule has 3 aromatic carbocycles. The highest BCUT2D eigenvalue weighted by Gasteiger charge is 2.51. The quantitative estimate of drug-likeness (QED) is 0.221. The van der Waals surface area contributed by atoms with Crippen LogP contribution in [0.3, 0.4) is 0 Å². The molecule has 0 radical (unpaired) electrons. The molecule has 8 heteroatoms. The van der Waals surface area contributed by atoms with Gasteiger partial charge in [-0.2, -0.15) is 0 Å². The van der Waals surface area contributed by atoms with Gasteiger partial charge in [0.1, 0.15) is 18.8 Å². The first-order valence-electron chi connectivity index (χ1n) is 12.0. The molecule has 4 atom stereocenters. The monoisotopic (exact) mass is 528 g/mol. The lowest BCUT2D eigenvalue weighted by Crippen LogP contribution is -2.40. The van der Waals surface area contributed by atoms with Crippen LogP contribution in [0.5, 0.6) is 0 Å². The maximum absolute atomic E-state index is 13.1. The van der Waals surface area contributed by atoms with Gasteiger partial charge in [0.15, 0.2) is 12.2 Å². The fourth-order valence-corrected chi connectivity index (χ4v) is 4.96. The Bertz CT molecular complexity index is 1360. The van der Waals surface area contributed by atoms with Crippen molar-refractivity contribution >= 4 is 29.2 Å². The van der Waals surface area contributed by atoms with Crippen LogP contribution >= 0.6 is 11.3 Å². The molecule has 0 amide bonds. The summed E-state index contributed by atoms with van der Waals surface area (Å²) in [4.78, 5) is 39.6. The zero-order valence-electron chi connectivity index (χ0n) is 20.2. The van der Waals surface area contributed by atoms with E-state index in [0.29, 0.717) is 16.7 Å². The maximum Gasteiger partial charge on any atom is 0.338 e. The van der Waals surface area contributed by atoms with E-state index < -0.39 is 42.3 Å². The second-order valence-corrected chi connectivity index (χ2v) is 9.53. The highest BCUT2D eigenvalue weighted by atomic mass is 32.1. The Kier molecular flexibility index (Phi) is 7.92. The van der Waals surface area contributed by atoms with Crippen molar-refractivity contribution < 1.29 is 33.3 Å². The molecule has 4 aromatic rings. The third-order valence-electron chi connectivity index (χ3n) is 6.03. The molecule has 1 aromatic heterocycles. The van der Waals surface area contributed by atoms with E-state index in [2.05, 4.69) is 0 Å². The molecule has 0 unspecified atom stereocenters. The number of ether oxygens (including phenoxy) is 4. The van der Waals surface area contributed by atoms with Crippen molar-refractivity contribution in [3.8, 4) is 0 Å². The van der Waals surface area contributed by atoms with Crippen molar-refractivity contribution in [3.05, 3.63) is 130 Å². The molecule has 192 valence electrons. The number of carbonyl (C=O) groups is 3. The summed E-state index contributed by atoms with van der Waals surface area (Å²) in [6.07, 6.45) is -3.62. The van der Waals surface area contributed by atoms with Gasteiger partial charge in [-0.05, 0) is 47.8 Å². The van der Waals surface area contributed by atoms with Crippen LogP contribution in [0.25, 0.3) is 0 Å². The fourth-order valence-electron chi connectivity index (χ4n) is 4.16. The maximum atomic E-state index is 13.1. The number of rotatable bonds is 8. The SMILES string of the molecule is O=C(OC[C@H]1O[C@@H](c2cccs2)[C@H](OC(=O)c2ccccc2)[C@@H]1OC(=O)c1ccccc1)c1ccccc1. The molecular weight excluding hydrogens is 504 g/mol. The van der Waals surface area contributed by atoms with Gasteiger partial charge in [0.2, 0.25) is 0 Å². The van der Waals surface area contributed by atoms with Crippen LogP contribution in [0, 0.1) is 0 Å². The number of thiophene rings is 1. The number of esters is 3. The van der Waals surface area contributed by atoms with Crippen LogP contribution < -0.4 is 0 Å². The molecule has 0 spiro atoms. The zero-order valence-corrected chi connectivity index (χ0v) is 21.0. The standard InChI is InChI=1S/C30H24O7S/c31-28(20-11-4-1-5-12-20)34-19-23-25(36-29(32)21-13-6-2-7-14-21)27(26(35-23)24-17-10-18-38-24)37-30(33)22-15-8-3-9-16-22/h1-18,23,25-27H,19H2/t23-,25-,26+,27-/m1/s1. The smallest absolute Gasteiger partial charge is 0.338 e. The van der Waals surface area contributed by atoms with Gasteiger partial charge in [-0.1, -0.05) is 60.7 Å². The first-order valence-corrected chi connectivity index (χ1v) is 12.9. The van der Waals surface area contributed by atoms with E-state index in [4.69, 9.17) is 18.9 Å². The molecule has 1 saturated heterocycles. The lowest BCUT2D eigenvalue weighted by molar-refractivity contribution is -0.0448. The molecule has 2 heterocycles. The minimum atomic E-state index is -1.04. The summed E-state index contributed by atoms with van der Waals surface area (Å²) >= 11 is 1.42. The van der Waals surface area contributed by atoms with E-state index in [-0.39, 0.29) is 6.61 Å². The van der Waals surface area contributed by atoms with Gasteiger partial charge in [0.25, 0.3) is 0 Å². The molecular formula is C30H24O7S. The second kappa shape index (κ2) is 11.9. The molecule has 5 rings (SSSR count). The largest absolute Gasteiger partial charge is 0.459 e. The molecule has 7 nitrogen and oxygen atoms in total. The normalized spacial score (nSPS) is 20.4. The molecule has 0 N–H and O–H groups in total. The highest BCUT2D eigenvalue weighted by Crippen LogP contribution is 2.40. The predicted molar refractivity (Wildman–Crippen MR) is 140 cm³/mol. The fraction of sp³-hybridized carbons (Fsp3) is 0.167. The van der Waals surface area contributed by atoms with Gasteiger partial charge in [-0.3, -0.25) is 0 Å². The summed E-state index contributed by atoms with van der Waals surface area (Å²) in [5.74, 6) is -1.73. The summed E-state index contributed by atoms with van der Waals surface area (Å²) in [5, 5.41) is 1.88. The Morgan fingerprint density at radius 1 is 0.632 bits per heavy atom. The van der Waals surface area contributed by atoms with Crippen molar-refractivity contribution in [2.24, 2.45) is 0 Å². The van der Waals surface area contributed by atoms with E-state index in [1.807, 2.05) is 17.5 Å². The zero-order chi connectivity index (χ0) is 26.3. The molecule has 0 bridgehead atoms. The average molecular weight is 529 g/mol. The minimum absolute atomic E-state index is 0.207. The van der Waals surface area contributed by atoms with Crippen molar-refractivity contribution in [2.75, 3.05) is 6.61 Å². The van der Waals surface area contributed by atoms with E-state index in [1.54, 1.807) is 91.0 Å². The Hall–Kier alpha value is -4.27. The van der Waals surface area contributed by atoms with Crippen LogP contribution in [0.4, 0.5) is 0 Å². The number of hydrogen-bond acceptors (Lipinski definition) is 8. The van der Waals surface area contributed by atoms with Crippen molar-refractivity contribution in [1.29, 1.82) is 0 Å². The number of carbonyl (C=O) groups excluding carboxylic acids is 3. The van der Waals surface area contributed by atoms with Crippen LogP contribution in [0.2, 0.25) is 0 Å². The average Bonchev–Trinajstić information content (AvgIpc) is 3.62. The van der Waals surface area contributed by atoms with Crippen LogP contribution in [-0.2, 0) is 18.9 Å². The van der Waals surface area contributed by atoms with Gasteiger partial charge in [0.05, 0.1) is 16.7 Å². The Morgan fingerprint density at radius 3 is 1.63 bits per heavy atom. The molecule has 0 aliphatic carbocycles. The van der Waals surface area contributed by atoms with Gasteiger partial charge >= 0.3 is 17.9 Å². The van der Waals surface area contributed by atoms with Crippen LogP contribution in [0.15, 0.2) is 109 Å². The van der Waals surface area contributed by atoms with Crippen LogP contribution in [-0.4, -0.2) is 42.8 Å². The van der Waals surface area contributed by atoms with E-state index in [0.717, 1.165) is 4.88 Å². The Balaban J connectivity index is 1.43. The first-order chi connectivity index (χ1) is 18.6. The summed E-state index contributed by atoms with van der Waals surface area (Å²) in [6, 6.07) is 29.3. The van der Waals surface area contributed by atoms with Gasteiger partial charge in [-0.25, -0.2) is 14.4 Å². The Morgan fingerprint density at radius 2 is 1.13 bits per heavy atom. The van der Waals surface area contributed by atoms with Crippen LogP contribution in [0.1, 0.15) is 42.1 Å². The van der Waals surface area contributed by atoms with E-state index in [9.17, 15) is 14.4 Å². The Labute approximate surface area is 223 Å². The molecule has 1 fully saturated rings. The topological polar surface area (TPSA) is 88.1 Å². The lowest BCUT2D eigenvalue weighted by Gasteiger charge is -2.24. The third kappa shape index (κ3) is 5.82. The molecule has 1 aliphatic rings. The first kappa shape index (κ1) is 25.4.